The van der Waals surface area contributed by atoms with Gasteiger partial charge in [0.2, 0.25) is 0 Å². The van der Waals surface area contributed by atoms with E-state index in [1.807, 2.05) is 0 Å². The van der Waals surface area contributed by atoms with Crippen LogP contribution in [-0.4, -0.2) is 22.2 Å². The first kappa shape index (κ1) is 15.6. The molecule has 0 fully saturated rings. The van der Waals surface area contributed by atoms with Gasteiger partial charge in [-0.3, -0.25) is 0 Å². The van der Waals surface area contributed by atoms with Gasteiger partial charge in [-0.15, -0.1) is 0 Å². The van der Waals surface area contributed by atoms with Gasteiger partial charge in [-0.25, -0.2) is 4.79 Å². The van der Waals surface area contributed by atoms with Crippen LogP contribution in [0.15, 0.2) is 18.3 Å². The van der Waals surface area contributed by atoms with E-state index in [-0.39, 0.29) is 0 Å². The van der Waals surface area contributed by atoms with Gasteiger partial charge in [0.1, 0.15) is 0 Å². The van der Waals surface area contributed by atoms with E-state index in [9.17, 15) is 9.90 Å². The molecule has 2 rings (SSSR count). The fourth-order valence-corrected chi connectivity index (χ4v) is 2.85. The summed E-state index contributed by atoms with van der Waals surface area (Å²) in [7, 11) is 0. The van der Waals surface area contributed by atoms with Gasteiger partial charge >= 0.3 is 5.97 Å². The van der Waals surface area contributed by atoms with Crippen molar-refractivity contribution in [1.82, 2.24) is 4.57 Å². The van der Waals surface area contributed by atoms with Crippen molar-refractivity contribution >= 4 is 16.9 Å². The van der Waals surface area contributed by atoms with E-state index in [0.717, 1.165) is 48.7 Å². The number of fused-ring (bicyclic) bond motifs is 1. The van der Waals surface area contributed by atoms with E-state index in [1.165, 1.54) is 5.52 Å². The lowest BCUT2D eigenvalue weighted by atomic mass is 10.0. The van der Waals surface area contributed by atoms with Crippen LogP contribution in [0.1, 0.15) is 48.2 Å². The zero-order chi connectivity index (χ0) is 15.4. The van der Waals surface area contributed by atoms with Crippen LogP contribution < -0.4 is 5.73 Å². The summed E-state index contributed by atoms with van der Waals surface area (Å²) in [6, 6.07) is 3.60. The lowest BCUT2D eigenvalue weighted by Gasteiger charge is -2.09. The second-order valence-electron chi connectivity index (χ2n) is 5.43. The number of nitrogens with zero attached hydrogens (tertiary/aromatic N) is 1. The Morgan fingerprint density at radius 2 is 2.05 bits per heavy atom. The van der Waals surface area contributed by atoms with E-state index in [0.29, 0.717) is 12.1 Å². The van der Waals surface area contributed by atoms with Crippen LogP contribution in [0.4, 0.5) is 0 Å². The van der Waals surface area contributed by atoms with Crippen LogP contribution in [-0.2, 0) is 19.4 Å². The highest BCUT2D eigenvalue weighted by Gasteiger charge is 2.15. The summed E-state index contributed by atoms with van der Waals surface area (Å²) in [5.41, 5.74) is 9.51. The largest absolute Gasteiger partial charge is 0.478 e. The Balaban J connectivity index is 2.67. The van der Waals surface area contributed by atoms with Crippen molar-refractivity contribution < 1.29 is 9.90 Å². The molecule has 0 aliphatic carbocycles. The Bertz CT molecular complexity index is 644. The van der Waals surface area contributed by atoms with Crippen LogP contribution in [0.25, 0.3) is 10.9 Å². The molecule has 4 heteroatoms. The number of aromatic nitrogens is 1. The lowest BCUT2D eigenvalue weighted by molar-refractivity contribution is 0.0697. The molecule has 0 unspecified atom stereocenters. The molecule has 0 saturated carbocycles. The molecule has 2 aromatic rings. The van der Waals surface area contributed by atoms with Crippen LogP contribution in [0.5, 0.6) is 0 Å². The first-order chi connectivity index (χ1) is 10.1. The number of hydrogen-bond acceptors (Lipinski definition) is 2. The smallest absolute Gasteiger partial charge is 0.335 e. The van der Waals surface area contributed by atoms with E-state index in [4.69, 9.17) is 5.73 Å². The van der Waals surface area contributed by atoms with E-state index in [1.54, 1.807) is 12.1 Å². The van der Waals surface area contributed by atoms with Crippen molar-refractivity contribution in [2.45, 2.75) is 46.1 Å². The normalized spacial score (nSPS) is 11.2. The summed E-state index contributed by atoms with van der Waals surface area (Å²) < 4.78 is 2.27. The van der Waals surface area contributed by atoms with Crippen molar-refractivity contribution in [3.63, 3.8) is 0 Å². The van der Waals surface area contributed by atoms with Crippen LogP contribution in [0.2, 0.25) is 0 Å². The standard InChI is InChI=1S/C17H24N2O2/c1-3-5-8-19-11-13(6-7-18)15-10-14(17(20)21)9-12(4-2)16(15)19/h9-11H,3-8,18H2,1-2H3,(H,20,21). The van der Waals surface area contributed by atoms with Crippen LogP contribution in [0.3, 0.4) is 0 Å². The maximum atomic E-state index is 11.3. The Kier molecular flexibility index (Phi) is 5.02. The minimum Gasteiger partial charge on any atom is -0.478 e. The molecule has 1 heterocycles. The summed E-state index contributed by atoms with van der Waals surface area (Å²) in [4.78, 5) is 11.3. The number of carboxylic acids is 1. The molecule has 0 saturated heterocycles. The van der Waals surface area contributed by atoms with E-state index < -0.39 is 5.97 Å². The third-order valence-electron chi connectivity index (χ3n) is 3.93. The molecule has 0 bridgehead atoms. The Morgan fingerprint density at radius 1 is 1.29 bits per heavy atom. The number of rotatable bonds is 7. The monoisotopic (exact) mass is 288 g/mol. The summed E-state index contributed by atoms with van der Waals surface area (Å²) in [6.45, 7) is 5.79. The number of carboxylic acid groups (broad SMARTS) is 1. The SMILES string of the molecule is CCCCn1cc(CCN)c2cc(C(=O)O)cc(CC)c21. The minimum atomic E-state index is -0.869. The van der Waals surface area contributed by atoms with Gasteiger partial charge in [0.05, 0.1) is 11.1 Å². The summed E-state index contributed by atoms with van der Waals surface area (Å²) in [6.07, 6.45) is 6.02. The summed E-state index contributed by atoms with van der Waals surface area (Å²) in [5.74, 6) is -0.869. The van der Waals surface area contributed by atoms with Gasteiger partial charge in [-0.05, 0) is 49.1 Å². The molecule has 0 radical (unpaired) electrons. The minimum absolute atomic E-state index is 0.367. The summed E-state index contributed by atoms with van der Waals surface area (Å²) in [5, 5.41) is 10.4. The second kappa shape index (κ2) is 6.76. The Labute approximate surface area is 125 Å². The molecule has 21 heavy (non-hydrogen) atoms. The molecule has 1 aromatic heterocycles. The summed E-state index contributed by atoms with van der Waals surface area (Å²) >= 11 is 0. The predicted molar refractivity (Wildman–Crippen MR) is 85.9 cm³/mol. The van der Waals surface area contributed by atoms with Gasteiger partial charge < -0.3 is 15.4 Å². The number of aryl methyl sites for hydroxylation is 2. The van der Waals surface area contributed by atoms with Crippen LogP contribution in [0, 0.1) is 0 Å². The molecular formula is C17H24N2O2. The first-order valence-corrected chi connectivity index (χ1v) is 7.70. The molecule has 3 N–H and O–H groups in total. The molecule has 114 valence electrons. The van der Waals surface area contributed by atoms with Gasteiger partial charge in [0, 0.05) is 18.1 Å². The molecule has 0 spiro atoms. The first-order valence-electron chi connectivity index (χ1n) is 7.70. The number of nitrogens with two attached hydrogens (primary N) is 1. The van der Waals surface area contributed by atoms with Crippen LogP contribution >= 0.6 is 0 Å². The zero-order valence-electron chi connectivity index (χ0n) is 12.9. The molecule has 4 nitrogen and oxygen atoms in total. The number of carbonyl (C=O) groups is 1. The van der Waals surface area contributed by atoms with Crippen molar-refractivity contribution in [1.29, 1.82) is 0 Å². The molecule has 0 atom stereocenters. The van der Waals surface area contributed by atoms with Crippen molar-refractivity contribution in [3.8, 4) is 0 Å². The number of hydrogen-bond donors (Lipinski definition) is 2. The number of benzene rings is 1. The average Bonchev–Trinajstić information content (AvgIpc) is 2.82. The third-order valence-corrected chi connectivity index (χ3v) is 3.93. The highest BCUT2D eigenvalue weighted by Crippen LogP contribution is 2.28. The third kappa shape index (κ3) is 3.10. The molecule has 0 aliphatic heterocycles. The van der Waals surface area contributed by atoms with Gasteiger partial charge in [-0.1, -0.05) is 20.3 Å². The highest BCUT2D eigenvalue weighted by molar-refractivity contribution is 5.96. The fraction of sp³-hybridized carbons (Fsp3) is 0.471. The van der Waals surface area contributed by atoms with Gasteiger partial charge in [-0.2, -0.15) is 0 Å². The second-order valence-corrected chi connectivity index (χ2v) is 5.43. The Hall–Kier alpha value is -1.81. The zero-order valence-corrected chi connectivity index (χ0v) is 12.9. The Morgan fingerprint density at radius 3 is 2.62 bits per heavy atom. The maximum absolute atomic E-state index is 11.3. The lowest BCUT2D eigenvalue weighted by Crippen LogP contribution is -2.02. The fourth-order valence-electron chi connectivity index (χ4n) is 2.85. The number of aromatic carboxylic acids is 1. The molecule has 1 aromatic carbocycles. The van der Waals surface area contributed by atoms with Gasteiger partial charge in [0.15, 0.2) is 0 Å². The van der Waals surface area contributed by atoms with E-state index >= 15 is 0 Å². The maximum Gasteiger partial charge on any atom is 0.335 e. The number of unbranched alkanes of at least 4 members (excludes halogenated alkanes) is 1. The average molecular weight is 288 g/mol. The quantitative estimate of drug-likeness (QED) is 0.822. The van der Waals surface area contributed by atoms with E-state index in [2.05, 4.69) is 24.6 Å². The van der Waals surface area contributed by atoms with Crippen molar-refractivity contribution in [3.05, 3.63) is 35.0 Å². The molecule has 0 aliphatic rings. The topological polar surface area (TPSA) is 68.2 Å². The van der Waals surface area contributed by atoms with Crippen molar-refractivity contribution in [2.24, 2.45) is 5.73 Å². The molecular weight excluding hydrogens is 264 g/mol. The van der Waals surface area contributed by atoms with Crippen molar-refractivity contribution in [2.75, 3.05) is 6.54 Å². The van der Waals surface area contributed by atoms with Gasteiger partial charge in [0.25, 0.3) is 0 Å². The predicted octanol–water partition coefficient (Wildman–Crippen LogP) is 3.20. The molecule has 0 amide bonds. The highest BCUT2D eigenvalue weighted by atomic mass is 16.4.